The number of imidazole rings is 1. The van der Waals surface area contributed by atoms with Crippen molar-refractivity contribution in [3.63, 3.8) is 0 Å². The number of amides is 1. The molecular formula is C17H15N5O. The Morgan fingerprint density at radius 1 is 1.35 bits per heavy atom. The fraction of sp³-hybridized carbons (Fsp3) is 0.294. The third kappa shape index (κ3) is 2.35. The first-order chi connectivity index (χ1) is 11.1. The number of benzene rings is 1. The highest BCUT2D eigenvalue weighted by Gasteiger charge is 2.31. The van der Waals surface area contributed by atoms with Gasteiger partial charge in [0.25, 0.3) is 0 Å². The number of hydrogen-bond acceptors (Lipinski definition) is 4. The molecule has 0 radical (unpaired) electrons. The Hall–Kier alpha value is -3.12. The maximum absolute atomic E-state index is 12.8. The van der Waals surface area contributed by atoms with Crippen molar-refractivity contribution < 1.29 is 4.79 Å². The molecule has 0 bridgehead atoms. The number of carbonyl (C=O) groups excluding carboxylic acids is 1. The van der Waals surface area contributed by atoms with E-state index in [0.29, 0.717) is 5.82 Å². The number of nitrogens with zero attached hydrogens (tertiary/aromatic N) is 5. The second-order valence-electron chi connectivity index (χ2n) is 5.61. The number of nitriles is 2. The largest absolute Gasteiger partial charge is 0.309 e. The van der Waals surface area contributed by atoms with E-state index in [4.69, 9.17) is 5.26 Å². The van der Waals surface area contributed by atoms with Crippen LogP contribution in [0, 0.1) is 29.6 Å². The Balaban J connectivity index is 1.94. The van der Waals surface area contributed by atoms with E-state index in [9.17, 15) is 10.1 Å². The van der Waals surface area contributed by atoms with Gasteiger partial charge in [0.05, 0.1) is 0 Å². The lowest BCUT2D eigenvalue weighted by Gasteiger charge is -2.23. The van der Waals surface area contributed by atoms with Gasteiger partial charge in [-0.1, -0.05) is 18.2 Å². The summed E-state index contributed by atoms with van der Waals surface area (Å²) >= 11 is 0. The lowest BCUT2D eigenvalue weighted by Crippen LogP contribution is -2.38. The Morgan fingerprint density at radius 3 is 2.78 bits per heavy atom. The molecule has 0 unspecified atom stereocenters. The molecule has 6 nitrogen and oxygen atoms in total. The van der Waals surface area contributed by atoms with Gasteiger partial charge >= 0.3 is 0 Å². The molecule has 1 atom stereocenters. The Morgan fingerprint density at radius 2 is 2.09 bits per heavy atom. The lowest BCUT2D eigenvalue weighted by atomic mass is 10.1. The molecule has 23 heavy (non-hydrogen) atoms. The zero-order valence-corrected chi connectivity index (χ0v) is 12.9. The normalized spacial score (nSPS) is 15.8. The summed E-state index contributed by atoms with van der Waals surface area (Å²) < 4.78 is 1.51. The molecule has 1 aliphatic rings. The predicted molar refractivity (Wildman–Crippen MR) is 83.5 cm³/mol. The van der Waals surface area contributed by atoms with Gasteiger partial charge in [-0.15, -0.1) is 0 Å². The molecule has 2 heterocycles. The van der Waals surface area contributed by atoms with Crippen molar-refractivity contribution in [2.45, 2.75) is 32.9 Å². The third-order valence-corrected chi connectivity index (χ3v) is 4.14. The Labute approximate surface area is 134 Å². The Kier molecular flexibility index (Phi) is 3.59. The van der Waals surface area contributed by atoms with Crippen molar-refractivity contribution in [1.29, 1.82) is 10.5 Å². The molecule has 0 saturated carbocycles. The van der Waals surface area contributed by atoms with Gasteiger partial charge in [-0.3, -0.25) is 4.79 Å². The maximum Gasteiger partial charge on any atom is 0.247 e. The van der Waals surface area contributed by atoms with Crippen molar-refractivity contribution in [2.24, 2.45) is 0 Å². The lowest BCUT2D eigenvalue weighted by molar-refractivity contribution is -0.119. The molecule has 3 rings (SSSR count). The van der Waals surface area contributed by atoms with Crippen molar-refractivity contribution >= 4 is 11.6 Å². The van der Waals surface area contributed by atoms with E-state index >= 15 is 0 Å². The van der Waals surface area contributed by atoms with Gasteiger partial charge in [0.1, 0.15) is 24.5 Å². The highest BCUT2D eigenvalue weighted by atomic mass is 16.2. The standard InChI is InChI=1S/C17H15N5O/c1-11-7-13-5-3-4-6-15(13)22(11)17(23)10-21-12(2)20-14(8-18)16(21)9-19/h3-6,11H,7,10H2,1-2H3/t11-/m1/s1. The fourth-order valence-corrected chi connectivity index (χ4v) is 3.11. The molecule has 6 heteroatoms. The number of para-hydroxylation sites is 1. The first-order valence-corrected chi connectivity index (χ1v) is 7.34. The zero-order valence-electron chi connectivity index (χ0n) is 12.9. The molecule has 2 aromatic rings. The predicted octanol–water partition coefficient (Wildman–Crippen LogP) is 1.91. The summed E-state index contributed by atoms with van der Waals surface area (Å²) in [6.45, 7) is 3.70. The van der Waals surface area contributed by atoms with Crippen LogP contribution in [0.2, 0.25) is 0 Å². The number of anilines is 1. The molecule has 1 aliphatic heterocycles. The molecular weight excluding hydrogens is 290 g/mol. The summed E-state index contributed by atoms with van der Waals surface area (Å²) in [5.41, 5.74) is 2.27. The number of rotatable bonds is 2. The summed E-state index contributed by atoms with van der Waals surface area (Å²) in [4.78, 5) is 18.6. The average molecular weight is 305 g/mol. The van der Waals surface area contributed by atoms with Crippen LogP contribution in [0.3, 0.4) is 0 Å². The Bertz CT molecular complexity index is 868. The van der Waals surface area contributed by atoms with E-state index in [-0.39, 0.29) is 29.9 Å². The highest BCUT2D eigenvalue weighted by molar-refractivity contribution is 5.96. The molecule has 1 aromatic carbocycles. The van der Waals surface area contributed by atoms with Gasteiger partial charge in [0.15, 0.2) is 11.4 Å². The average Bonchev–Trinajstić information content (AvgIpc) is 3.03. The van der Waals surface area contributed by atoms with E-state index < -0.39 is 0 Å². The maximum atomic E-state index is 12.8. The molecule has 0 N–H and O–H groups in total. The van der Waals surface area contributed by atoms with Crippen molar-refractivity contribution in [2.75, 3.05) is 4.90 Å². The summed E-state index contributed by atoms with van der Waals surface area (Å²) in [6.07, 6.45) is 0.819. The first-order valence-electron chi connectivity index (χ1n) is 7.34. The van der Waals surface area contributed by atoms with Gasteiger partial charge in [-0.2, -0.15) is 10.5 Å². The molecule has 0 spiro atoms. The monoisotopic (exact) mass is 305 g/mol. The first kappa shape index (κ1) is 14.8. The van der Waals surface area contributed by atoms with Gasteiger partial charge in [-0.25, -0.2) is 4.98 Å². The van der Waals surface area contributed by atoms with Crippen LogP contribution in [-0.2, 0) is 17.8 Å². The minimum absolute atomic E-state index is 0.00206. The van der Waals surface area contributed by atoms with Gasteiger partial charge in [0, 0.05) is 11.7 Å². The number of hydrogen-bond donors (Lipinski definition) is 0. The molecule has 0 aliphatic carbocycles. The second-order valence-corrected chi connectivity index (χ2v) is 5.61. The molecule has 0 saturated heterocycles. The van der Waals surface area contributed by atoms with Gasteiger partial charge in [0.2, 0.25) is 5.91 Å². The molecule has 1 amide bonds. The number of aryl methyl sites for hydroxylation is 1. The van der Waals surface area contributed by atoms with Crippen LogP contribution in [0.15, 0.2) is 24.3 Å². The zero-order chi connectivity index (χ0) is 16.6. The van der Waals surface area contributed by atoms with E-state index in [1.807, 2.05) is 43.3 Å². The minimum atomic E-state index is -0.107. The highest BCUT2D eigenvalue weighted by Crippen LogP contribution is 2.32. The summed E-state index contributed by atoms with van der Waals surface area (Å²) in [7, 11) is 0. The summed E-state index contributed by atoms with van der Waals surface area (Å²) in [5.74, 6) is 0.385. The van der Waals surface area contributed by atoms with Crippen LogP contribution >= 0.6 is 0 Å². The van der Waals surface area contributed by atoms with Crippen molar-refractivity contribution in [1.82, 2.24) is 9.55 Å². The SMILES string of the molecule is Cc1nc(C#N)c(C#N)n1CC(=O)N1c2ccccc2C[C@H]1C. The van der Waals surface area contributed by atoms with Gasteiger partial charge < -0.3 is 9.47 Å². The van der Waals surface area contributed by atoms with Crippen LogP contribution in [0.5, 0.6) is 0 Å². The number of carbonyl (C=O) groups is 1. The smallest absolute Gasteiger partial charge is 0.247 e. The summed E-state index contributed by atoms with van der Waals surface area (Å²) in [6, 6.07) is 11.8. The van der Waals surface area contributed by atoms with E-state index in [0.717, 1.165) is 17.7 Å². The van der Waals surface area contributed by atoms with Crippen molar-refractivity contribution in [3.8, 4) is 12.1 Å². The second kappa shape index (κ2) is 5.58. The summed E-state index contributed by atoms with van der Waals surface area (Å²) in [5, 5.41) is 18.3. The van der Waals surface area contributed by atoms with E-state index in [1.54, 1.807) is 11.8 Å². The topological polar surface area (TPSA) is 85.7 Å². The van der Waals surface area contributed by atoms with Crippen LogP contribution in [0.1, 0.15) is 29.7 Å². The fourth-order valence-electron chi connectivity index (χ4n) is 3.11. The molecule has 0 fully saturated rings. The third-order valence-electron chi connectivity index (χ3n) is 4.14. The molecule has 114 valence electrons. The minimum Gasteiger partial charge on any atom is -0.309 e. The van der Waals surface area contributed by atoms with Crippen molar-refractivity contribution in [3.05, 3.63) is 47.0 Å². The van der Waals surface area contributed by atoms with Crippen LogP contribution < -0.4 is 4.90 Å². The van der Waals surface area contributed by atoms with Crippen LogP contribution in [0.4, 0.5) is 5.69 Å². The quantitative estimate of drug-likeness (QED) is 0.848. The van der Waals surface area contributed by atoms with Crippen LogP contribution in [-0.4, -0.2) is 21.5 Å². The van der Waals surface area contributed by atoms with Gasteiger partial charge in [-0.05, 0) is 31.9 Å². The number of aromatic nitrogens is 2. The van der Waals surface area contributed by atoms with Crippen LogP contribution in [0.25, 0.3) is 0 Å². The van der Waals surface area contributed by atoms with E-state index in [2.05, 4.69) is 4.98 Å². The number of fused-ring (bicyclic) bond motifs is 1. The van der Waals surface area contributed by atoms with E-state index in [1.165, 1.54) is 4.57 Å². The molecule has 1 aromatic heterocycles.